The molecule has 1 heterocycles. The number of rotatable bonds is 4. The van der Waals surface area contributed by atoms with E-state index in [-0.39, 0.29) is 0 Å². The van der Waals surface area contributed by atoms with E-state index in [1.165, 1.54) is 0 Å². The summed E-state index contributed by atoms with van der Waals surface area (Å²) in [6, 6.07) is 7.71. The molecule has 1 aromatic heterocycles. The molecule has 0 amide bonds. The summed E-state index contributed by atoms with van der Waals surface area (Å²) in [5.74, 6) is 0.819. The molecule has 5 heteroatoms. The van der Waals surface area contributed by atoms with Crippen LogP contribution in [0.25, 0.3) is 0 Å². The number of methoxy groups -OCH3 is 1. The minimum atomic E-state index is 0.586. The molecule has 5 nitrogen and oxygen atoms in total. The average Bonchev–Trinajstić information content (AvgIpc) is 2.72. The Morgan fingerprint density at radius 1 is 1.38 bits per heavy atom. The van der Waals surface area contributed by atoms with Gasteiger partial charge in [-0.2, -0.15) is 0 Å². The van der Waals surface area contributed by atoms with Crippen molar-refractivity contribution >= 4 is 5.69 Å². The van der Waals surface area contributed by atoms with Gasteiger partial charge >= 0.3 is 0 Å². The quantitative estimate of drug-likeness (QED) is 0.852. The molecule has 0 unspecified atom stereocenters. The van der Waals surface area contributed by atoms with Crippen LogP contribution in [-0.4, -0.2) is 17.4 Å². The van der Waals surface area contributed by atoms with Crippen LogP contribution in [0.2, 0.25) is 0 Å². The third-order valence-electron chi connectivity index (χ3n) is 2.28. The third-order valence-corrected chi connectivity index (χ3v) is 2.28. The van der Waals surface area contributed by atoms with Crippen molar-refractivity contribution in [1.82, 2.24) is 10.3 Å². The van der Waals surface area contributed by atoms with E-state index < -0.39 is 0 Å². The summed E-state index contributed by atoms with van der Waals surface area (Å²) in [4.78, 5) is 0. The molecule has 0 aliphatic carbocycles. The van der Waals surface area contributed by atoms with Crippen LogP contribution < -0.4 is 10.1 Å². The molecule has 0 radical (unpaired) electrons. The summed E-state index contributed by atoms with van der Waals surface area (Å²) in [5, 5.41) is 10.7. The molecule has 84 valence electrons. The summed E-state index contributed by atoms with van der Waals surface area (Å²) in [6.07, 6.45) is 0. The second kappa shape index (κ2) is 4.65. The van der Waals surface area contributed by atoms with Crippen molar-refractivity contribution in [2.24, 2.45) is 0 Å². The molecule has 0 spiro atoms. The van der Waals surface area contributed by atoms with Gasteiger partial charge in [0, 0.05) is 11.8 Å². The zero-order valence-corrected chi connectivity index (χ0v) is 9.23. The Hall–Kier alpha value is -2.04. The highest BCUT2D eigenvalue weighted by Gasteiger charge is 2.04. The summed E-state index contributed by atoms with van der Waals surface area (Å²) >= 11 is 0. The molecule has 2 rings (SSSR count). The monoisotopic (exact) mass is 219 g/mol. The molecule has 0 bridgehead atoms. The Kier molecular flexibility index (Phi) is 3.05. The Labute approximate surface area is 93.4 Å². The fraction of sp³-hybridized carbons (Fsp3) is 0.273. The lowest BCUT2D eigenvalue weighted by Crippen LogP contribution is -2.01. The van der Waals surface area contributed by atoms with E-state index in [2.05, 4.69) is 20.3 Å². The summed E-state index contributed by atoms with van der Waals surface area (Å²) in [7, 11) is 1.64. The van der Waals surface area contributed by atoms with Gasteiger partial charge < -0.3 is 10.1 Å². The van der Waals surface area contributed by atoms with Crippen LogP contribution in [0, 0.1) is 6.92 Å². The van der Waals surface area contributed by atoms with Gasteiger partial charge in [-0.15, -0.1) is 0 Å². The molecule has 0 aliphatic heterocycles. The smallest absolute Gasteiger partial charge is 0.127 e. The number of hydrogen-bond acceptors (Lipinski definition) is 5. The second-order valence-electron chi connectivity index (χ2n) is 3.38. The third kappa shape index (κ3) is 2.31. The minimum Gasteiger partial charge on any atom is -0.497 e. The number of nitrogens with zero attached hydrogens (tertiary/aromatic N) is 2. The molecule has 0 saturated heterocycles. The second-order valence-corrected chi connectivity index (χ2v) is 3.38. The van der Waals surface area contributed by atoms with Gasteiger partial charge in [0.1, 0.15) is 17.1 Å². The zero-order valence-electron chi connectivity index (χ0n) is 9.23. The van der Waals surface area contributed by atoms with Crippen molar-refractivity contribution in [3.63, 3.8) is 0 Å². The van der Waals surface area contributed by atoms with E-state index >= 15 is 0 Å². The Morgan fingerprint density at radius 3 is 2.94 bits per heavy atom. The minimum absolute atomic E-state index is 0.586. The summed E-state index contributed by atoms with van der Waals surface area (Å²) in [5.41, 5.74) is 2.58. The van der Waals surface area contributed by atoms with Crippen LogP contribution in [-0.2, 0) is 6.54 Å². The molecule has 1 N–H and O–H groups in total. The SMILES string of the molecule is COc1cccc(NCc2nonc2C)c1. The fourth-order valence-electron chi connectivity index (χ4n) is 1.33. The highest BCUT2D eigenvalue weighted by atomic mass is 16.6. The first-order chi connectivity index (χ1) is 7.79. The van der Waals surface area contributed by atoms with Gasteiger partial charge in [-0.05, 0) is 19.1 Å². The predicted molar refractivity (Wildman–Crippen MR) is 59.4 cm³/mol. The van der Waals surface area contributed by atoms with Gasteiger partial charge in [-0.25, -0.2) is 4.63 Å². The van der Waals surface area contributed by atoms with Crippen molar-refractivity contribution in [2.75, 3.05) is 12.4 Å². The van der Waals surface area contributed by atoms with Gasteiger partial charge in [-0.3, -0.25) is 0 Å². The van der Waals surface area contributed by atoms with Crippen LogP contribution in [0.3, 0.4) is 0 Å². The van der Waals surface area contributed by atoms with Gasteiger partial charge in [0.2, 0.25) is 0 Å². The highest BCUT2D eigenvalue weighted by Crippen LogP contribution is 2.17. The first-order valence-electron chi connectivity index (χ1n) is 4.95. The van der Waals surface area contributed by atoms with Crippen LogP contribution in [0.1, 0.15) is 11.4 Å². The first-order valence-corrected chi connectivity index (χ1v) is 4.95. The van der Waals surface area contributed by atoms with Crippen molar-refractivity contribution in [3.05, 3.63) is 35.7 Å². The molecule has 0 saturated carbocycles. The molecular weight excluding hydrogens is 206 g/mol. The Balaban J connectivity index is 2.02. The number of ether oxygens (including phenoxy) is 1. The summed E-state index contributed by atoms with van der Waals surface area (Å²) < 4.78 is 9.74. The molecule has 1 aromatic carbocycles. The maximum Gasteiger partial charge on any atom is 0.127 e. The van der Waals surface area contributed by atoms with Crippen LogP contribution >= 0.6 is 0 Å². The number of nitrogens with one attached hydrogen (secondary N) is 1. The molecular formula is C11H13N3O2. The Bertz CT molecular complexity index is 468. The lowest BCUT2D eigenvalue weighted by molar-refractivity contribution is 0.301. The molecule has 0 atom stereocenters. The highest BCUT2D eigenvalue weighted by molar-refractivity contribution is 5.48. The van der Waals surface area contributed by atoms with E-state index in [1.807, 2.05) is 31.2 Å². The topological polar surface area (TPSA) is 60.2 Å². The van der Waals surface area contributed by atoms with E-state index in [4.69, 9.17) is 4.74 Å². The van der Waals surface area contributed by atoms with E-state index in [0.717, 1.165) is 22.8 Å². The average molecular weight is 219 g/mol. The number of aryl methyl sites for hydroxylation is 1. The van der Waals surface area contributed by atoms with Crippen LogP contribution in [0.4, 0.5) is 5.69 Å². The van der Waals surface area contributed by atoms with Crippen molar-refractivity contribution in [1.29, 1.82) is 0 Å². The van der Waals surface area contributed by atoms with Crippen molar-refractivity contribution in [2.45, 2.75) is 13.5 Å². The maximum absolute atomic E-state index is 5.13. The Morgan fingerprint density at radius 2 is 2.25 bits per heavy atom. The maximum atomic E-state index is 5.13. The largest absolute Gasteiger partial charge is 0.497 e. The lowest BCUT2D eigenvalue weighted by Gasteiger charge is -2.06. The first kappa shape index (κ1) is 10.5. The van der Waals surface area contributed by atoms with E-state index in [0.29, 0.717) is 6.54 Å². The van der Waals surface area contributed by atoms with E-state index in [9.17, 15) is 0 Å². The summed E-state index contributed by atoms with van der Waals surface area (Å²) in [6.45, 7) is 2.45. The van der Waals surface area contributed by atoms with Crippen LogP contribution in [0.15, 0.2) is 28.9 Å². The standard InChI is InChI=1S/C11H13N3O2/c1-8-11(14-16-13-8)7-12-9-4-3-5-10(6-9)15-2/h3-6,12H,7H2,1-2H3. The normalized spacial score (nSPS) is 10.1. The zero-order chi connectivity index (χ0) is 11.4. The number of anilines is 1. The molecule has 0 aliphatic rings. The van der Waals surface area contributed by atoms with Gasteiger partial charge in [0.15, 0.2) is 0 Å². The van der Waals surface area contributed by atoms with Gasteiger partial charge in [0.25, 0.3) is 0 Å². The fourth-order valence-corrected chi connectivity index (χ4v) is 1.33. The molecule has 0 fully saturated rings. The number of benzene rings is 1. The van der Waals surface area contributed by atoms with Gasteiger partial charge in [-0.1, -0.05) is 16.4 Å². The number of hydrogen-bond donors (Lipinski definition) is 1. The predicted octanol–water partition coefficient (Wildman–Crippen LogP) is 2.00. The molecule has 2 aromatic rings. The van der Waals surface area contributed by atoms with Gasteiger partial charge in [0.05, 0.1) is 13.7 Å². The van der Waals surface area contributed by atoms with Crippen molar-refractivity contribution < 1.29 is 9.37 Å². The number of aromatic nitrogens is 2. The lowest BCUT2D eigenvalue weighted by atomic mass is 10.3. The van der Waals surface area contributed by atoms with Crippen molar-refractivity contribution in [3.8, 4) is 5.75 Å². The van der Waals surface area contributed by atoms with E-state index in [1.54, 1.807) is 7.11 Å². The molecule has 16 heavy (non-hydrogen) atoms. The van der Waals surface area contributed by atoms with Crippen LogP contribution in [0.5, 0.6) is 5.75 Å².